The van der Waals surface area contributed by atoms with Crippen LogP contribution in [0, 0.1) is 22.6 Å². The molecule has 4 nitrogen and oxygen atoms in total. The zero-order chi connectivity index (χ0) is 21.2. The predicted octanol–water partition coefficient (Wildman–Crippen LogP) is 5.69. The first-order chi connectivity index (χ1) is 13.6. The second-order valence-electron chi connectivity index (χ2n) is 9.38. The van der Waals surface area contributed by atoms with Gasteiger partial charge in [0.25, 0.3) is 0 Å². The molecule has 1 N–H and O–H groups in total. The molecular weight excluding hydrogens is 387 g/mol. The van der Waals surface area contributed by atoms with Crippen LogP contribution >= 0.6 is 11.3 Å². The van der Waals surface area contributed by atoms with Gasteiger partial charge in [0.05, 0.1) is 5.41 Å². The number of benzene rings is 1. The molecule has 0 bridgehead atoms. The topological polar surface area (TPSA) is 53.4 Å². The van der Waals surface area contributed by atoms with E-state index in [1.54, 1.807) is 18.3 Å². The standard InChI is InChI=1S/C23H31FN2O2S/c1-5-10-23(21(27)28)11-16(22(2,3)4)13-26(15-23)14-17-12-25-20(29-17)18-8-6-7-9-19(18)24/h6-9,12,16H,5,10-11,13-15H2,1-4H3,(H,27,28)/t16?,23-/m1/s1. The van der Waals surface area contributed by atoms with Crippen LogP contribution in [0.3, 0.4) is 0 Å². The van der Waals surface area contributed by atoms with Crippen molar-refractivity contribution in [1.29, 1.82) is 0 Å². The lowest BCUT2D eigenvalue weighted by atomic mass is 9.65. The molecule has 0 aliphatic carbocycles. The molecule has 1 aliphatic rings. The summed E-state index contributed by atoms with van der Waals surface area (Å²) in [4.78, 5) is 20.0. The van der Waals surface area contributed by atoms with Crippen LogP contribution in [-0.2, 0) is 11.3 Å². The highest BCUT2D eigenvalue weighted by Gasteiger charge is 2.47. The van der Waals surface area contributed by atoms with Crippen molar-refractivity contribution >= 4 is 17.3 Å². The van der Waals surface area contributed by atoms with Crippen molar-refractivity contribution in [2.75, 3.05) is 13.1 Å². The number of rotatable bonds is 6. The Morgan fingerprint density at radius 3 is 2.72 bits per heavy atom. The quantitative estimate of drug-likeness (QED) is 0.655. The van der Waals surface area contributed by atoms with Crippen LogP contribution in [0.1, 0.15) is 51.8 Å². The molecule has 158 valence electrons. The molecule has 1 fully saturated rings. The minimum absolute atomic E-state index is 0.0408. The highest BCUT2D eigenvalue weighted by molar-refractivity contribution is 7.15. The van der Waals surface area contributed by atoms with E-state index in [2.05, 4.69) is 37.6 Å². The Morgan fingerprint density at radius 2 is 2.10 bits per heavy atom. The minimum atomic E-state index is -0.704. The number of nitrogens with zero attached hydrogens (tertiary/aromatic N) is 2. The van der Waals surface area contributed by atoms with E-state index < -0.39 is 11.4 Å². The van der Waals surface area contributed by atoms with E-state index in [0.717, 1.165) is 24.3 Å². The molecule has 2 heterocycles. The smallest absolute Gasteiger partial charge is 0.310 e. The van der Waals surface area contributed by atoms with Gasteiger partial charge in [-0.25, -0.2) is 9.37 Å². The first-order valence-corrected chi connectivity index (χ1v) is 11.1. The van der Waals surface area contributed by atoms with Crippen LogP contribution in [0.4, 0.5) is 4.39 Å². The van der Waals surface area contributed by atoms with Crippen molar-refractivity contribution < 1.29 is 14.3 Å². The van der Waals surface area contributed by atoms with Crippen LogP contribution in [0.15, 0.2) is 30.5 Å². The Kier molecular flexibility index (Phi) is 6.44. The molecule has 1 aromatic carbocycles. The summed E-state index contributed by atoms with van der Waals surface area (Å²) in [7, 11) is 0. The van der Waals surface area contributed by atoms with Crippen molar-refractivity contribution in [3.8, 4) is 10.6 Å². The average Bonchev–Trinajstić information content (AvgIpc) is 3.09. The molecule has 3 rings (SSSR count). The lowest BCUT2D eigenvalue weighted by Gasteiger charge is -2.48. The zero-order valence-corrected chi connectivity index (χ0v) is 18.6. The molecular formula is C23H31FN2O2S. The summed E-state index contributed by atoms with van der Waals surface area (Å²) in [6.45, 7) is 10.7. The number of carboxylic acids is 1. The number of hydrogen-bond donors (Lipinski definition) is 1. The summed E-state index contributed by atoms with van der Waals surface area (Å²) in [5.74, 6) is -0.653. The number of likely N-dealkylation sites (tertiary alicyclic amines) is 1. The van der Waals surface area contributed by atoms with Crippen molar-refractivity contribution in [3.05, 3.63) is 41.2 Å². The van der Waals surface area contributed by atoms with Crippen LogP contribution in [-0.4, -0.2) is 34.0 Å². The fraction of sp³-hybridized carbons (Fsp3) is 0.565. The molecule has 1 aliphatic heterocycles. The molecule has 6 heteroatoms. The van der Waals surface area contributed by atoms with Crippen LogP contribution in [0.5, 0.6) is 0 Å². The van der Waals surface area contributed by atoms with Crippen molar-refractivity contribution in [3.63, 3.8) is 0 Å². The molecule has 1 aromatic heterocycles. The third-order valence-corrected chi connectivity index (χ3v) is 7.10. The number of aliphatic carboxylic acids is 1. The van der Waals surface area contributed by atoms with Gasteiger partial charge in [0, 0.05) is 36.3 Å². The maximum absolute atomic E-state index is 14.1. The van der Waals surface area contributed by atoms with Gasteiger partial charge in [-0.05, 0) is 36.3 Å². The molecule has 2 atom stereocenters. The van der Waals surface area contributed by atoms with Gasteiger partial charge in [-0.3, -0.25) is 9.69 Å². The summed E-state index contributed by atoms with van der Waals surface area (Å²) < 4.78 is 14.1. The molecule has 1 unspecified atom stereocenters. The van der Waals surface area contributed by atoms with E-state index in [9.17, 15) is 14.3 Å². The SMILES string of the molecule is CCC[C@@]1(C(=O)O)CC(C(C)(C)C)CN(Cc2cnc(-c3ccccc3F)s2)C1. The van der Waals surface area contributed by atoms with Crippen molar-refractivity contribution in [2.24, 2.45) is 16.7 Å². The Balaban J connectivity index is 1.84. The minimum Gasteiger partial charge on any atom is -0.481 e. The van der Waals surface area contributed by atoms with Gasteiger partial charge >= 0.3 is 5.97 Å². The number of piperidine rings is 1. The number of carboxylic acid groups (broad SMARTS) is 1. The Morgan fingerprint density at radius 1 is 1.38 bits per heavy atom. The lowest BCUT2D eigenvalue weighted by Crippen LogP contribution is -2.53. The molecule has 1 saturated heterocycles. The van der Waals surface area contributed by atoms with E-state index >= 15 is 0 Å². The van der Waals surface area contributed by atoms with Crippen molar-refractivity contribution in [1.82, 2.24) is 9.88 Å². The number of halogens is 1. The maximum atomic E-state index is 14.1. The Labute approximate surface area is 176 Å². The molecule has 2 aromatic rings. The van der Waals surface area contributed by atoms with Gasteiger partial charge in [0.2, 0.25) is 0 Å². The maximum Gasteiger partial charge on any atom is 0.310 e. The van der Waals surface area contributed by atoms with E-state index in [0.29, 0.717) is 36.0 Å². The van der Waals surface area contributed by atoms with E-state index in [1.165, 1.54) is 17.4 Å². The second kappa shape index (κ2) is 8.52. The first kappa shape index (κ1) is 21.9. The molecule has 0 spiro atoms. The summed E-state index contributed by atoms with van der Waals surface area (Å²) >= 11 is 1.48. The summed E-state index contributed by atoms with van der Waals surface area (Å²) in [6, 6.07) is 6.67. The summed E-state index contributed by atoms with van der Waals surface area (Å²) in [5, 5.41) is 10.8. The van der Waals surface area contributed by atoms with Gasteiger partial charge in [-0.2, -0.15) is 0 Å². The Bertz CT molecular complexity index is 861. The monoisotopic (exact) mass is 418 g/mol. The van der Waals surface area contributed by atoms with E-state index in [-0.39, 0.29) is 11.2 Å². The molecule has 0 radical (unpaired) electrons. The van der Waals surface area contributed by atoms with E-state index in [4.69, 9.17) is 0 Å². The normalized spacial score (nSPS) is 23.3. The van der Waals surface area contributed by atoms with Crippen LogP contribution in [0.2, 0.25) is 0 Å². The highest BCUT2D eigenvalue weighted by Crippen LogP contribution is 2.44. The fourth-order valence-corrected chi connectivity index (χ4v) is 5.37. The largest absolute Gasteiger partial charge is 0.481 e. The summed E-state index contributed by atoms with van der Waals surface area (Å²) in [6.07, 6.45) is 4.07. The van der Waals surface area contributed by atoms with Crippen molar-refractivity contribution in [2.45, 2.75) is 53.5 Å². The summed E-state index contributed by atoms with van der Waals surface area (Å²) in [5.41, 5.74) is -0.149. The number of aromatic nitrogens is 1. The zero-order valence-electron chi connectivity index (χ0n) is 17.7. The van der Waals surface area contributed by atoms with Gasteiger partial charge in [-0.1, -0.05) is 46.2 Å². The molecule has 0 saturated carbocycles. The van der Waals surface area contributed by atoms with E-state index in [1.807, 2.05) is 6.07 Å². The van der Waals surface area contributed by atoms with Gasteiger partial charge in [0.15, 0.2) is 0 Å². The Hall–Kier alpha value is -1.79. The third kappa shape index (κ3) is 4.86. The van der Waals surface area contributed by atoms with Gasteiger partial charge in [0.1, 0.15) is 10.8 Å². The van der Waals surface area contributed by atoms with Gasteiger partial charge < -0.3 is 5.11 Å². The number of carbonyl (C=O) groups is 1. The second-order valence-corrected chi connectivity index (χ2v) is 10.5. The first-order valence-electron chi connectivity index (χ1n) is 10.3. The van der Waals surface area contributed by atoms with Crippen LogP contribution in [0.25, 0.3) is 10.6 Å². The van der Waals surface area contributed by atoms with Crippen LogP contribution < -0.4 is 0 Å². The third-order valence-electron chi connectivity index (χ3n) is 6.09. The average molecular weight is 419 g/mol. The lowest BCUT2D eigenvalue weighted by molar-refractivity contribution is -0.156. The van der Waals surface area contributed by atoms with Gasteiger partial charge in [-0.15, -0.1) is 11.3 Å². The number of hydrogen-bond acceptors (Lipinski definition) is 4. The molecule has 29 heavy (non-hydrogen) atoms. The predicted molar refractivity (Wildman–Crippen MR) is 115 cm³/mol. The highest BCUT2D eigenvalue weighted by atomic mass is 32.1. The fourth-order valence-electron chi connectivity index (χ4n) is 4.39. The molecule has 0 amide bonds. The number of thiazole rings is 1.